The van der Waals surface area contributed by atoms with Crippen LogP contribution in [0.4, 0.5) is 0 Å². The Morgan fingerprint density at radius 3 is 2.75 bits per heavy atom. The van der Waals surface area contributed by atoms with Crippen LogP contribution in [0.2, 0.25) is 0 Å². The van der Waals surface area contributed by atoms with E-state index in [1.165, 1.54) is 4.31 Å². The fourth-order valence-electron chi connectivity index (χ4n) is 2.79. The second-order valence-electron chi connectivity index (χ2n) is 5.87. The van der Waals surface area contributed by atoms with Crippen molar-refractivity contribution < 1.29 is 22.7 Å². The van der Waals surface area contributed by atoms with Gasteiger partial charge >= 0.3 is 5.97 Å². The first kappa shape index (κ1) is 18.7. The number of hydrogen-bond acceptors (Lipinski definition) is 5. The molecule has 0 bridgehead atoms. The Hall–Kier alpha value is -1.60. The Morgan fingerprint density at radius 1 is 1.29 bits per heavy atom. The van der Waals surface area contributed by atoms with Crippen molar-refractivity contribution in [2.75, 3.05) is 25.5 Å². The van der Waals surface area contributed by atoms with Crippen molar-refractivity contribution in [1.82, 2.24) is 4.31 Å². The summed E-state index contributed by atoms with van der Waals surface area (Å²) in [6.45, 7) is 4.48. The highest BCUT2D eigenvalue weighted by molar-refractivity contribution is 7.89. The molecule has 1 unspecified atom stereocenters. The molecule has 0 saturated carbocycles. The molecular formula is C17H25NO5S. The van der Waals surface area contributed by atoms with Gasteiger partial charge in [0.2, 0.25) is 10.0 Å². The van der Waals surface area contributed by atoms with Crippen LogP contribution in [0.25, 0.3) is 0 Å². The minimum atomic E-state index is -3.38. The maximum absolute atomic E-state index is 12.2. The third-order valence-corrected chi connectivity index (χ3v) is 6.05. The smallest absolute Gasteiger partial charge is 0.324 e. The molecule has 0 N–H and O–H groups in total. The molecule has 1 aromatic carbocycles. The van der Waals surface area contributed by atoms with E-state index in [0.29, 0.717) is 25.8 Å². The van der Waals surface area contributed by atoms with Crippen molar-refractivity contribution >= 4 is 16.0 Å². The molecule has 134 valence electrons. The summed E-state index contributed by atoms with van der Waals surface area (Å²) in [7, 11) is -3.38. The zero-order valence-corrected chi connectivity index (χ0v) is 15.0. The van der Waals surface area contributed by atoms with Crippen LogP contribution in [0.15, 0.2) is 24.3 Å². The van der Waals surface area contributed by atoms with Crippen LogP contribution >= 0.6 is 0 Å². The van der Waals surface area contributed by atoms with Gasteiger partial charge in [0.25, 0.3) is 0 Å². The van der Waals surface area contributed by atoms with Gasteiger partial charge in [0.1, 0.15) is 25.0 Å². The van der Waals surface area contributed by atoms with Crippen molar-refractivity contribution in [3.8, 4) is 5.75 Å². The number of para-hydroxylation sites is 1. The first-order chi connectivity index (χ1) is 11.5. The molecule has 0 radical (unpaired) electrons. The lowest BCUT2D eigenvalue weighted by Crippen LogP contribution is -2.42. The van der Waals surface area contributed by atoms with E-state index >= 15 is 0 Å². The van der Waals surface area contributed by atoms with Crippen molar-refractivity contribution in [3.05, 3.63) is 29.8 Å². The Labute approximate surface area is 143 Å². The van der Waals surface area contributed by atoms with Crippen LogP contribution in [0.3, 0.4) is 0 Å². The Kier molecular flexibility index (Phi) is 6.62. The number of hydrogen-bond donors (Lipinski definition) is 0. The standard InChI is InChI=1S/C17H25NO5S/c1-3-13-24(20,21)18-10-6-8-15(18)17(19)23-12-11-22-16-9-5-4-7-14(16)2/h4-5,7,9,15H,3,6,8,10-13H2,1-2H3. The average Bonchev–Trinajstić information content (AvgIpc) is 3.03. The molecule has 1 heterocycles. The second-order valence-corrected chi connectivity index (χ2v) is 7.91. The van der Waals surface area contributed by atoms with Crippen LogP contribution in [0, 0.1) is 6.92 Å². The van der Waals surface area contributed by atoms with Gasteiger partial charge in [0, 0.05) is 6.54 Å². The van der Waals surface area contributed by atoms with Crippen molar-refractivity contribution in [1.29, 1.82) is 0 Å². The number of rotatable bonds is 8. The largest absolute Gasteiger partial charge is 0.490 e. The van der Waals surface area contributed by atoms with Gasteiger partial charge in [-0.25, -0.2) is 8.42 Å². The molecule has 0 aromatic heterocycles. The summed E-state index contributed by atoms with van der Waals surface area (Å²) >= 11 is 0. The predicted octanol–water partition coefficient (Wildman–Crippen LogP) is 2.12. The third kappa shape index (κ3) is 4.70. The third-order valence-electron chi connectivity index (χ3n) is 3.97. The van der Waals surface area contributed by atoms with E-state index in [1.54, 1.807) is 0 Å². The van der Waals surface area contributed by atoms with Crippen LogP contribution in [0.1, 0.15) is 31.7 Å². The SMILES string of the molecule is CCCS(=O)(=O)N1CCCC1C(=O)OCCOc1ccccc1C. The van der Waals surface area contributed by atoms with Crippen molar-refractivity contribution in [3.63, 3.8) is 0 Å². The molecule has 1 fully saturated rings. The number of carbonyl (C=O) groups excluding carboxylic acids is 1. The molecule has 0 aliphatic carbocycles. The zero-order valence-electron chi connectivity index (χ0n) is 14.2. The molecule has 24 heavy (non-hydrogen) atoms. The Balaban J connectivity index is 1.82. The lowest BCUT2D eigenvalue weighted by molar-refractivity contribution is -0.148. The van der Waals surface area contributed by atoms with Gasteiger partial charge < -0.3 is 9.47 Å². The molecule has 1 aliphatic rings. The molecular weight excluding hydrogens is 330 g/mol. The monoisotopic (exact) mass is 355 g/mol. The van der Waals surface area contributed by atoms with E-state index in [2.05, 4.69) is 0 Å². The van der Waals surface area contributed by atoms with E-state index in [-0.39, 0.29) is 19.0 Å². The highest BCUT2D eigenvalue weighted by Gasteiger charge is 2.38. The molecule has 1 aromatic rings. The molecule has 6 nitrogen and oxygen atoms in total. The van der Waals surface area contributed by atoms with Crippen LogP contribution in [-0.2, 0) is 19.6 Å². The summed E-state index contributed by atoms with van der Waals surface area (Å²) < 4.78 is 36.5. The van der Waals surface area contributed by atoms with Gasteiger partial charge in [0.15, 0.2) is 0 Å². The highest BCUT2D eigenvalue weighted by Crippen LogP contribution is 2.23. The van der Waals surface area contributed by atoms with Crippen LogP contribution in [-0.4, -0.2) is 50.2 Å². The van der Waals surface area contributed by atoms with E-state index in [0.717, 1.165) is 11.3 Å². The number of carbonyl (C=O) groups is 1. The molecule has 7 heteroatoms. The second kappa shape index (κ2) is 8.48. The van der Waals surface area contributed by atoms with E-state index in [9.17, 15) is 13.2 Å². The van der Waals surface area contributed by atoms with Gasteiger partial charge in [-0.2, -0.15) is 4.31 Å². The fourth-order valence-corrected chi connectivity index (χ4v) is 4.53. The van der Waals surface area contributed by atoms with Crippen LogP contribution < -0.4 is 4.74 Å². The van der Waals surface area contributed by atoms with E-state index in [1.807, 2.05) is 38.1 Å². The first-order valence-corrected chi connectivity index (χ1v) is 9.91. The van der Waals surface area contributed by atoms with Gasteiger partial charge in [0.05, 0.1) is 5.75 Å². The minimum absolute atomic E-state index is 0.0627. The van der Waals surface area contributed by atoms with E-state index < -0.39 is 22.0 Å². The van der Waals surface area contributed by atoms with Crippen molar-refractivity contribution in [2.45, 2.75) is 39.2 Å². The van der Waals surface area contributed by atoms with Crippen LogP contribution in [0.5, 0.6) is 5.75 Å². The summed E-state index contributed by atoms with van der Waals surface area (Å²) in [5.74, 6) is 0.329. The number of ether oxygens (including phenoxy) is 2. The normalized spacial score (nSPS) is 18.5. The number of aryl methyl sites for hydroxylation is 1. The summed E-state index contributed by atoms with van der Waals surface area (Å²) in [5, 5.41) is 0. The lowest BCUT2D eigenvalue weighted by Gasteiger charge is -2.22. The van der Waals surface area contributed by atoms with Gasteiger partial charge in [-0.1, -0.05) is 25.1 Å². The highest BCUT2D eigenvalue weighted by atomic mass is 32.2. The average molecular weight is 355 g/mol. The van der Waals surface area contributed by atoms with E-state index in [4.69, 9.17) is 9.47 Å². The molecule has 0 amide bonds. The Morgan fingerprint density at radius 2 is 2.04 bits per heavy atom. The molecule has 1 aliphatic heterocycles. The van der Waals surface area contributed by atoms with Crippen molar-refractivity contribution in [2.24, 2.45) is 0 Å². The quantitative estimate of drug-likeness (QED) is 0.527. The maximum Gasteiger partial charge on any atom is 0.324 e. The van der Waals surface area contributed by atoms with Gasteiger partial charge in [-0.15, -0.1) is 0 Å². The first-order valence-electron chi connectivity index (χ1n) is 8.30. The molecule has 1 atom stereocenters. The molecule has 2 rings (SSSR count). The number of sulfonamides is 1. The summed E-state index contributed by atoms with van der Waals surface area (Å²) in [6.07, 6.45) is 1.73. The number of benzene rings is 1. The minimum Gasteiger partial charge on any atom is -0.490 e. The predicted molar refractivity (Wildman–Crippen MR) is 91.4 cm³/mol. The van der Waals surface area contributed by atoms with Gasteiger partial charge in [-0.05, 0) is 37.8 Å². The number of nitrogens with zero attached hydrogens (tertiary/aromatic N) is 1. The lowest BCUT2D eigenvalue weighted by atomic mass is 10.2. The summed E-state index contributed by atoms with van der Waals surface area (Å²) in [5.41, 5.74) is 1.01. The zero-order chi connectivity index (χ0) is 17.6. The summed E-state index contributed by atoms with van der Waals surface area (Å²) in [6, 6.07) is 6.90. The molecule has 1 saturated heterocycles. The summed E-state index contributed by atoms with van der Waals surface area (Å²) in [4.78, 5) is 12.2. The number of esters is 1. The molecule has 0 spiro atoms. The fraction of sp³-hybridized carbons (Fsp3) is 0.588. The maximum atomic E-state index is 12.2. The topological polar surface area (TPSA) is 72.9 Å². The van der Waals surface area contributed by atoms with Gasteiger partial charge in [-0.3, -0.25) is 4.79 Å². The Bertz CT molecular complexity index is 659.